The lowest BCUT2D eigenvalue weighted by Crippen LogP contribution is -2.37. The van der Waals surface area contributed by atoms with Crippen LogP contribution in [0.2, 0.25) is 0 Å². The van der Waals surface area contributed by atoms with Crippen molar-refractivity contribution in [2.45, 2.75) is 32.1 Å². The Balaban J connectivity index is 1.26. The Hall–Kier alpha value is -2.66. The zero-order valence-electron chi connectivity index (χ0n) is 14.9. The molecule has 1 saturated heterocycles. The molecule has 5 heteroatoms. The topological polar surface area (TPSA) is 43.2 Å². The summed E-state index contributed by atoms with van der Waals surface area (Å²) in [4.78, 5) is 11.1. The van der Waals surface area contributed by atoms with E-state index in [9.17, 15) is 0 Å². The van der Waals surface area contributed by atoms with Crippen molar-refractivity contribution in [1.82, 2.24) is 14.5 Å². The largest absolute Gasteiger partial charge is 0.373 e. The standard InChI is InChI=1S/C21H24N4O/c1-2-4-18(5-3-1)16-26-20-8-11-25(12-9-20)21-7-6-19(14-23-21)15-24-13-10-22-17-24/h1-7,10,13-14,17,20H,8-9,11-12,15-16H2. The number of ether oxygens (including phenoxy) is 1. The smallest absolute Gasteiger partial charge is 0.128 e. The lowest BCUT2D eigenvalue weighted by atomic mass is 10.1. The van der Waals surface area contributed by atoms with Gasteiger partial charge in [-0.3, -0.25) is 0 Å². The van der Waals surface area contributed by atoms with Gasteiger partial charge in [0.05, 0.1) is 19.0 Å². The van der Waals surface area contributed by atoms with Gasteiger partial charge in [-0.1, -0.05) is 36.4 Å². The van der Waals surface area contributed by atoms with Gasteiger partial charge in [-0.25, -0.2) is 9.97 Å². The summed E-state index contributed by atoms with van der Waals surface area (Å²) in [5, 5.41) is 0. The highest BCUT2D eigenvalue weighted by Crippen LogP contribution is 2.21. The summed E-state index contributed by atoms with van der Waals surface area (Å²) in [7, 11) is 0. The molecular formula is C21H24N4O. The van der Waals surface area contributed by atoms with E-state index in [1.54, 1.807) is 6.20 Å². The molecule has 1 aliphatic heterocycles. The molecule has 1 aromatic carbocycles. The fourth-order valence-electron chi connectivity index (χ4n) is 3.33. The monoisotopic (exact) mass is 348 g/mol. The van der Waals surface area contributed by atoms with Crippen molar-refractivity contribution in [1.29, 1.82) is 0 Å². The molecule has 0 saturated carbocycles. The van der Waals surface area contributed by atoms with Gasteiger partial charge in [0.1, 0.15) is 5.82 Å². The Morgan fingerprint density at radius 1 is 1.00 bits per heavy atom. The predicted octanol–water partition coefficient (Wildman–Crippen LogP) is 3.51. The van der Waals surface area contributed by atoms with Crippen LogP contribution in [0.5, 0.6) is 0 Å². The fourth-order valence-corrected chi connectivity index (χ4v) is 3.33. The zero-order chi connectivity index (χ0) is 17.6. The van der Waals surface area contributed by atoms with Crippen molar-refractivity contribution in [3.8, 4) is 0 Å². The van der Waals surface area contributed by atoms with Gasteiger partial charge < -0.3 is 14.2 Å². The molecule has 3 aromatic rings. The summed E-state index contributed by atoms with van der Waals surface area (Å²) >= 11 is 0. The Kier molecular flexibility index (Phi) is 5.26. The number of hydrogen-bond donors (Lipinski definition) is 0. The highest BCUT2D eigenvalue weighted by molar-refractivity contribution is 5.39. The number of imidazole rings is 1. The van der Waals surface area contributed by atoms with Gasteiger partial charge in [0.25, 0.3) is 0 Å². The molecule has 0 unspecified atom stereocenters. The molecular weight excluding hydrogens is 324 g/mol. The summed E-state index contributed by atoms with van der Waals surface area (Å²) in [6.45, 7) is 3.50. The van der Waals surface area contributed by atoms with Crippen LogP contribution in [0.25, 0.3) is 0 Å². The first kappa shape index (κ1) is 16.8. The van der Waals surface area contributed by atoms with Crippen molar-refractivity contribution < 1.29 is 4.74 Å². The second kappa shape index (κ2) is 8.15. The first-order chi connectivity index (χ1) is 12.9. The first-order valence-electron chi connectivity index (χ1n) is 9.18. The number of benzene rings is 1. The van der Waals surface area contributed by atoms with Crippen LogP contribution in [0.1, 0.15) is 24.0 Å². The van der Waals surface area contributed by atoms with Gasteiger partial charge in [0.2, 0.25) is 0 Å². The molecule has 0 radical (unpaired) electrons. The first-order valence-corrected chi connectivity index (χ1v) is 9.18. The predicted molar refractivity (Wildman–Crippen MR) is 102 cm³/mol. The van der Waals surface area contributed by atoms with Crippen molar-refractivity contribution in [2.75, 3.05) is 18.0 Å². The minimum absolute atomic E-state index is 0.340. The van der Waals surface area contributed by atoms with Crippen LogP contribution in [-0.2, 0) is 17.9 Å². The van der Waals surface area contributed by atoms with Crippen LogP contribution >= 0.6 is 0 Å². The third kappa shape index (κ3) is 4.29. The van der Waals surface area contributed by atoms with E-state index in [-0.39, 0.29) is 0 Å². The normalized spacial score (nSPS) is 15.3. The molecule has 2 aromatic heterocycles. The van der Waals surface area contributed by atoms with Crippen molar-refractivity contribution in [3.63, 3.8) is 0 Å². The van der Waals surface area contributed by atoms with Crippen LogP contribution in [0.4, 0.5) is 5.82 Å². The quantitative estimate of drug-likeness (QED) is 0.684. The van der Waals surface area contributed by atoms with E-state index in [2.05, 4.69) is 51.3 Å². The second-order valence-electron chi connectivity index (χ2n) is 6.74. The Bertz CT molecular complexity index is 779. The number of anilines is 1. The summed E-state index contributed by atoms with van der Waals surface area (Å²) in [6, 6.07) is 14.7. The van der Waals surface area contributed by atoms with Crippen LogP contribution in [0, 0.1) is 0 Å². The summed E-state index contributed by atoms with van der Waals surface area (Å²) in [5.74, 6) is 1.06. The fraction of sp³-hybridized carbons (Fsp3) is 0.333. The average molecular weight is 348 g/mol. The highest BCUT2D eigenvalue weighted by Gasteiger charge is 2.20. The van der Waals surface area contributed by atoms with E-state index in [0.717, 1.165) is 38.3 Å². The molecule has 0 atom stereocenters. The molecule has 4 rings (SSSR count). The van der Waals surface area contributed by atoms with Crippen LogP contribution < -0.4 is 4.90 Å². The van der Waals surface area contributed by atoms with E-state index >= 15 is 0 Å². The van der Waals surface area contributed by atoms with Crippen molar-refractivity contribution in [3.05, 3.63) is 78.5 Å². The molecule has 0 aliphatic carbocycles. The van der Waals surface area contributed by atoms with Gasteiger partial charge in [-0.05, 0) is 30.0 Å². The molecule has 0 N–H and O–H groups in total. The molecule has 0 bridgehead atoms. The van der Waals surface area contributed by atoms with Crippen LogP contribution in [0.3, 0.4) is 0 Å². The molecule has 0 amide bonds. The van der Waals surface area contributed by atoms with E-state index in [4.69, 9.17) is 4.74 Å². The average Bonchev–Trinajstić information content (AvgIpc) is 3.21. The third-order valence-corrected chi connectivity index (χ3v) is 4.83. The minimum Gasteiger partial charge on any atom is -0.373 e. The molecule has 26 heavy (non-hydrogen) atoms. The van der Waals surface area contributed by atoms with Gasteiger partial charge in [-0.2, -0.15) is 0 Å². The number of rotatable bonds is 6. The van der Waals surface area contributed by atoms with Crippen molar-refractivity contribution >= 4 is 5.82 Å². The van der Waals surface area contributed by atoms with Gasteiger partial charge in [0.15, 0.2) is 0 Å². The summed E-state index contributed by atoms with van der Waals surface area (Å²) in [6.07, 6.45) is 9.99. The lowest BCUT2D eigenvalue weighted by Gasteiger charge is -2.32. The highest BCUT2D eigenvalue weighted by atomic mass is 16.5. The van der Waals surface area contributed by atoms with Gasteiger partial charge in [0, 0.05) is 38.2 Å². The van der Waals surface area contributed by atoms with E-state index in [0.29, 0.717) is 12.7 Å². The molecule has 134 valence electrons. The molecule has 3 heterocycles. The maximum atomic E-state index is 6.08. The van der Waals surface area contributed by atoms with E-state index in [1.807, 2.05) is 29.4 Å². The third-order valence-electron chi connectivity index (χ3n) is 4.83. The number of aromatic nitrogens is 3. The SMILES string of the molecule is c1ccc(COC2CCN(c3ccc(Cn4ccnc4)cn3)CC2)cc1. The molecule has 1 fully saturated rings. The Morgan fingerprint density at radius 2 is 1.85 bits per heavy atom. The van der Waals surface area contributed by atoms with Gasteiger partial charge in [-0.15, -0.1) is 0 Å². The number of hydrogen-bond acceptors (Lipinski definition) is 4. The Labute approximate surface area is 154 Å². The zero-order valence-corrected chi connectivity index (χ0v) is 14.9. The second-order valence-corrected chi connectivity index (χ2v) is 6.74. The number of nitrogens with zero attached hydrogens (tertiary/aromatic N) is 4. The van der Waals surface area contributed by atoms with Crippen LogP contribution in [0.15, 0.2) is 67.4 Å². The van der Waals surface area contributed by atoms with Crippen molar-refractivity contribution in [2.24, 2.45) is 0 Å². The minimum atomic E-state index is 0.340. The maximum Gasteiger partial charge on any atom is 0.128 e. The molecule has 0 spiro atoms. The lowest BCUT2D eigenvalue weighted by molar-refractivity contribution is 0.0250. The number of piperidine rings is 1. The van der Waals surface area contributed by atoms with Gasteiger partial charge >= 0.3 is 0 Å². The molecule has 1 aliphatic rings. The number of pyridine rings is 1. The summed E-state index contributed by atoms with van der Waals surface area (Å²) in [5.41, 5.74) is 2.43. The van der Waals surface area contributed by atoms with Crippen LogP contribution in [-0.4, -0.2) is 33.7 Å². The Morgan fingerprint density at radius 3 is 2.54 bits per heavy atom. The van der Waals surface area contributed by atoms with E-state index < -0.39 is 0 Å². The summed E-state index contributed by atoms with van der Waals surface area (Å²) < 4.78 is 8.12. The maximum absolute atomic E-state index is 6.08. The van der Waals surface area contributed by atoms with E-state index in [1.165, 1.54) is 11.1 Å². The molecule has 5 nitrogen and oxygen atoms in total.